The zero-order chi connectivity index (χ0) is 22.6. The number of nitrogens with zero attached hydrogens (tertiary/aromatic N) is 4. The van der Waals surface area contributed by atoms with E-state index in [1.807, 2.05) is 0 Å². The Hall–Kier alpha value is -2.35. The Morgan fingerprint density at radius 3 is 2.71 bits per heavy atom. The van der Waals surface area contributed by atoms with Crippen molar-refractivity contribution in [3.05, 3.63) is 12.7 Å². The number of ether oxygens (including phenoxy) is 5. The fraction of sp³-hybridized carbons (Fsp3) is 0.611. The maximum absolute atomic E-state index is 12.0. The van der Waals surface area contributed by atoms with E-state index in [0.717, 1.165) is 0 Å². The zero-order valence-electron chi connectivity index (χ0n) is 17.3. The summed E-state index contributed by atoms with van der Waals surface area (Å²) in [4.78, 5) is 35.6. The summed E-state index contributed by atoms with van der Waals surface area (Å²) in [6, 6.07) is 0. The lowest BCUT2D eigenvalue weighted by atomic mass is 10.1. The third kappa shape index (κ3) is 3.97. The number of alkyl halides is 1. The number of carbonyl (C=O) groups is 2. The van der Waals surface area contributed by atoms with Gasteiger partial charge in [-0.25, -0.2) is 19.7 Å². The molecule has 12 nitrogen and oxygen atoms in total. The normalized spacial score (nSPS) is 32.4. The Kier molecular flexibility index (Phi) is 5.40. The van der Waals surface area contributed by atoms with Crippen LogP contribution in [0.3, 0.4) is 0 Å². The Bertz CT molecular complexity index is 1030. The standard InChI is InChI=1S/C18H22BrN5O7/c1-8(25)28-12-9(5-27-18(4)30-16(26)17(2,3)31-18)29-15(10(12)19)24-7-23-11-13(20)21-6-22-14(11)24/h6-7,9-10,12,15H,5H2,1-4H3,(H2,20,21,22)/t9-,10+,12-,15-,18?/m1/s1. The molecule has 0 amide bonds. The molecule has 5 atom stereocenters. The summed E-state index contributed by atoms with van der Waals surface area (Å²) in [5, 5.41) is 0. The second-order valence-corrected chi connectivity index (χ2v) is 8.90. The van der Waals surface area contributed by atoms with E-state index in [-0.39, 0.29) is 12.4 Å². The van der Waals surface area contributed by atoms with E-state index in [0.29, 0.717) is 11.2 Å². The number of rotatable bonds is 5. The van der Waals surface area contributed by atoms with Gasteiger partial charge in [0.25, 0.3) is 0 Å². The zero-order valence-corrected chi connectivity index (χ0v) is 18.9. The summed E-state index contributed by atoms with van der Waals surface area (Å²) < 4.78 is 29.9. The van der Waals surface area contributed by atoms with Crippen molar-refractivity contribution in [3.63, 3.8) is 0 Å². The van der Waals surface area contributed by atoms with Crippen molar-refractivity contribution in [2.24, 2.45) is 0 Å². The van der Waals surface area contributed by atoms with E-state index >= 15 is 0 Å². The predicted octanol–water partition coefficient (Wildman–Crippen LogP) is 1.04. The Labute approximate surface area is 185 Å². The Balaban J connectivity index is 1.56. The third-order valence-corrected chi connectivity index (χ3v) is 5.92. The molecule has 0 bridgehead atoms. The number of halogens is 1. The maximum atomic E-state index is 12.0. The third-order valence-electron chi connectivity index (χ3n) is 4.95. The number of fused-ring (bicyclic) bond motifs is 1. The number of imidazole rings is 1. The number of hydrogen-bond donors (Lipinski definition) is 1. The number of anilines is 1. The smallest absolute Gasteiger partial charge is 0.342 e. The second kappa shape index (κ2) is 7.65. The molecule has 0 aliphatic carbocycles. The molecular formula is C18H22BrN5O7. The van der Waals surface area contributed by atoms with Crippen LogP contribution >= 0.6 is 15.9 Å². The lowest BCUT2D eigenvalue weighted by Crippen LogP contribution is -2.40. The van der Waals surface area contributed by atoms with E-state index in [2.05, 4.69) is 30.9 Å². The molecular weight excluding hydrogens is 478 g/mol. The summed E-state index contributed by atoms with van der Waals surface area (Å²) in [6.07, 6.45) is 0.778. The van der Waals surface area contributed by atoms with Crippen LogP contribution in [0.2, 0.25) is 0 Å². The summed E-state index contributed by atoms with van der Waals surface area (Å²) in [7, 11) is 0. The molecule has 1 unspecified atom stereocenters. The molecule has 2 saturated heterocycles. The highest BCUT2D eigenvalue weighted by atomic mass is 79.9. The minimum atomic E-state index is -1.59. The molecule has 0 aromatic carbocycles. The van der Waals surface area contributed by atoms with E-state index in [1.165, 1.54) is 26.5 Å². The van der Waals surface area contributed by atoms with Crippen LogP contribution in [0.25, 0.3) is 11.2 Å². The maximum Gasteiger partial charge on any atom is 0.342 e. The Morgan fingerprint density at radius 2 is 2.06 bits per heavy atom. The summed E-state index contributed by atoms with van der Waals surface area (Å²) >= 11 is 3.56. The van der Waals surface area contributed by atoms with Gasteiger partial charge in [-0.15, -0.1) is 0 Å². The number of aromatic nitrogens is 4. The number of cyclic esters (lactones) is 1. The molecule has 2 N–H and O–H groups in total. The molecule has 4 heterocycles. The van der Waals surface area contributed by atoms with Crippen molar-refractivity contribution in [2.75, 3.05) is 12.3 Å². The first-order valence-corrected chi connectivity index (χ1v) is 10.4. The molecule has 2 aromatic rings. The largest absolute Gasteiger partial charge is 0.458 e. The monoisotopic (exact) mass is 499 g/mol. The van der Waals surface area contributed by atoms with Gasteiger partial charge in [-0.05, 0) is 13.8 Å². The first kappa shape index (κ1) is 21.9. The molecule has 168 valence electrons. The van der Waals surface area contributed by atoms with E-state index in [9.17, 15) is 9.59 Å². The van der Waals surface area contributed by atoms with Gasteiger partial charge in [0.2, 0.25) is 0 Å². The summed E-state index contributed by atoms with van der Waals surface area (Å²) in [5.74, 6) is -2.38. The fourth-order valence-corrected chi connectivity index (χ4v) is 4.38. The molecule has 2 fully saturated rings. The van der Waals surface area contributed by atoms with Crippen LogP contribution in [0.4, 0.5) is 5.82 Å². The summed E-state index contributed by atoms with van der Waals surface area (Å²) in [5.41, 5.74) is 5.61. The van der Waals surface area contributed by atoms with Gasteiger partial charge in [0, 0.05) is 13.8 Å². The van der Waals surface area contributed by atoms with Crippen molar-refractivity contribution in [1.29, 1.82) is 0 Å². The van der Waals surface area contributed by atoms with Gasteiger partial charge in [-0.1, -0.05) is 15.9 Å². The molecule has 0 saturated carbocycles. The van der Waals surface area contributed by atoms with Crippen LogP contribution in [0, 0.1) is 0 Å². The highest BCUT2D eigenvalue weighted by Gasteiger charge is 2.53. The molecule has 31 heavy (non-hydrogen) atoms. The second-order valence-electron chi connectivity index (χ2n) is 7.84. The Morgan fingerprint density at radius 1 is 1.32 bits per heavy atom. The van der Waals surface area contributed by atoms with Crippen molar-refractivity contribution in [2.45, 2.75) is 62.5 Å². The van der Waals surface area contributed by atoms with Gasteiger partial charge in [-0.2, -0.15) is 0 Å². The van der Waals surface area contributed by atoms with E-state index in [4.69, 9.17) is 29.4 Å². The lowest BCUT2D eigenvalue weighted by molar-refractivity contribution is -0.336. The van der Waals surface area contributed by atoms with Crippen LogP contribution in [0.1, 0.15) is 33.9 Å². The van der Waals surface area contributed by atoms with Crippen molar-refractivity contribution in [3.8, 4) is 0 Å². The van der Waals surface area contributed by atoms with Gasteiger partial charge < -0.3 is 24.7 Å². The highest BCUT2D eigenvalue weighted by molar-refractivity contribution is 9.09. The number of esters is 2. The SMILES string of the molecule is CC(=O)O[C@H]1[C@H](Br)[C@H](n2cnc3c(N)ncnc32)O[C@@H]1COC1(C)OC(=O)C(C)(C)O1. The number of carbonyl (C=O) groups excluding carboxylic acids is 2. The van der Waals surface area contributed by atoms with Crippen LogP contribution in [-0.2, 0) is 33.3 Å². The number of nitrogen functional groups attached to an aromatic ring is 1. The van der Waals surface area contributed by atoms with E-state index in [1.54, 1.807) is 18.4 Å². The molecule has 0 radical (unpaired) electrons. The number of nitrogens with two attached hydrogens (primary N) is 1. The predicted molar refractivity (Wildman–Crippen MR) is 108 cm³/mol. The molecule has 0 spiro atoms. The van der Waals surface area contributed by atoms with Crippen LogP contribution in [0.5, 0.6) is 0 Å². The van der Waals surface area contributed by atoms with Gasteiger partial charge in [0.15, 0.2) is 23.3 Å². The molecule has 2 aromatic heterocycles. The first-order valence-electron chi connectivity index (χ1n) is 9.48. The molecule has 4 rings (SSSR count). The van der Waals surface area contributed by atoms with Crippen molar-refractivity contribution >= 4 is 44.9 Å². The lowest BCUT2D eigenvalue weighted by Gasteiger charge is -2.26. The van der Waals surface area contributed by atoms with Gasteiger partial charge in [-0.3, -0.25) is 14.1 Å². The average Bonchev–Trinajstić information content (AvgIpc) is 3.28. The molecule has 2 aliphatic rings. The quantitative estimate of drug-likeness (QED) is 0.463. The molecule has 2 aliphatic heterocycles. The van der Waals surface area contributed by atoms with Gasteiger partial charge in [0.05, 0.1) is 17.8 Å². The fourth-order valence-electron chi connectivity index (χ4n) is 3.55. The van der Waals surface area contributed by atoms with Crippen molar-refractivity contribution < 1.29 is 33.3 Å². The minimum absolute atomic E-state index is 0.0832. The van der Waals surface area contributed by atoms with Crippen LogP contribution in [0.15, 0.2) is 12.7 Å². The van der Waals surface area contributed by atoms with Crippen LogP contribution < -0.4 is 5.73 Å². The van der Waals surface area contributed by atoms with Gasteiger partial charge in [0.1, 0.15) is 24.1 Å². The van der Waals surface area contributed by atoms with Crippen molar-refractivity contribution in [1.82, 2.24) is 19.5 Å². The van der Waals surface area contributed by atoms with E-state index < -0.39 is 46.8 Å². The first-order chi connectivity index (χ1) is 14.5. The molecule has 13 heteroatoms. The highest BCUT2D eigenvalue weighted by Crippen LogP contribution is 2.40. The topological polar surface area (TPSA) is 150 Å². The van der Waals surface area contributed by atoms with Crippen LogP contribution in [-0.4, -0.2) is 66.7 Å². The minimum Gasteiger partial charge on any atom is -0.458 e. The summed E-state index contributed by atoms with van der Waals surface area (Å²) in [6.45, 7) is 5.87. The van der Waals surface area contributed by atoms with Gasteiger partial charge >= 0.3 is 17.9 Å². The average molecular weight is 500 g/mol. The number of hydrogen-bond acceptors (Lipinski definition) is 11.